The van der Waals surface area contributed by atoms with E-state index in [0.717, 1.165) is 18.6 Å². The molecule has 4 rings (SSSR count). The monoisotopic (exact) mass is 446 g/mol. The molecule has 1 aliphatic rings. The van der Waals surface area contributed by atoms with E-state index in [4.69, 9.17) is 4.52 Å². The van der Waals surface area contributed by atoms with Gasteiger partial charge in [-0.25, -0.2) is 0 Å². The second-order valence-corrected chi connectivity index (χ2v) is 7.53. The number of carbonyl (C=O) groups is 1. The summed E-state index contributed by atoms with van der Waals surface area (Å²) in [5.41, 5.74) is 0.678. The predicted octanol–water partition coefficient (Wildman–Crippen LogP) is 3.96. The molecule has 1 unspecified atom stereocenters. The van der Waals surface area contributed by atoms with E-state index in [1.54, 1.807) is 29.2 Å². The summed E-state index contributed by atoms with van der Waals surface area (Å²) in [6.45, 7) is 1.01. The highest BCUT2D eigenvalue weighted by molar-refractivity contribution is 5.99. The van der Waals surface area contributed by atoms with Gasteiger partial charge >= 0.3 is 6.18 Å². The number of carbonyl (C=O) groups excluding carboxylic acids is 1. The van der Waals surface area contributed by atoms with E-state index in [9.17, 15) is 23.1 Å². The van der Waals surface area contributed by atoms with Gasteiger partial charge in [-0.1, -0.05) is 29.4 Å². The summed E-state index contributed by atoms with van der Waals surface area (Å²) in [7, 11) is 0. The van der Waals surface area contributed by atoms with Crippen LogP contribution in [0.2, 0.25) is 0 Å². The van der Waals surface area contributed by atoms with E-state index in [1.807, 2.05) is 0 Å². The molecule has 1 amide bonds. The molecule has 2 N–H and O–H groups in total. The first-order valence-electron chi connectivity index (χ1n) is 10.1. The Balaban J connectivity index is 1.44. The molecule has 168 valence electrons. The van der Waals surface area contributed by atoms with Crippen molar-refractivity contribution in [2.24, 2.45) is 0 Å². The third-order valence-electron chi connectivity index (χ3n) is 5.21. The van der Waals surface area contributed by atoms with E-state index < -0.39 is 17.8 Å². The highest BCUT2D eigenvalue weighted by atomic mass is 19.4. The highest BCUT2D eigenvalue weighted by Gasteiger charge is 2.30. The number of benzene rings is 2. The molecular formula is C22H21F3N4O3. The summed E-state index contributed by atoms with van der Waals surface area (Å²) in [6, 6.07) is 11.5. The van der Waals surface area contributed by atoms with Crippen molar-refractivity contribution in [3.05, 3.63) is 65.5 Å². The van der Waals surface area contributed by atoms with Gasteiger partial charge in [0.15, 0.2) is 0 Å². The average molecular weight is 446 g/mol. The van der Waals surface area contributed by atoms with Gasteiger partial charge in [-0.05, 0) is 37.1 Å². The van der Waals surface area contributed by atoms with Crippen molar-refractivity contribution in [1.82, 2.24) is 15.0 Å². The molecular weight excluding hydrogens is 425 g/mol. The number of hydrogen-bond acceptors (Lipinski definition) is 6. The smallest absolute Gasteiger partial charge is 0.391 e. The SMILES string of the molecule is O=C(c1ccccc1NCc1nc(-c2ccc(C(F)(F)F)cc2)no1)N1CCCC(O)C1. The Bertz CT molecular complexity index is 1080. The van der Waals surface area contributed by atoms with Gasteiger partial charge in [-0.3, -0.25) is 4.79 Å². The number of likely N-dealkylation sites (tertiary alicyclic amines) is 1. The Morgan fingerprint density at radius 3 is 2.66 bits per heavy atom. The van der Waals surface area contributed by atoms with Crippen molar-refractivity contribution >= 4 is 11.6 Å². The maximum atomic E-state index is 12.9. The molecule has 1 saturated heterocycles. The number of amides is 1. The van der Waals surface area contributed by atoms with Crippen LogP contribution in [0, 0.1) is 0 Å². The summed E-state index contributed by atoms with van der Waals surface area (Å²) in [5.74, 6) is 0.209. The number of β-amino-alcohol motifs (C(OH)–C–C–N with tert-alkyl or cyclic N) is 1. The first-order chi connectivity index (χ1) is 15.3. The zero-order chi connectivity index (χ0) is 22.7. The number of aliphatic hydroxyl groups is 1. The van der Waals surface area contributed by atoms with Gasteiger partial charge in [-0.2, -0.15) is 18.2 Å². The number of anilines is 1. The van der Waals surface area contributed by atoms with Gasteiger partial charge in [0, 0.05) is 24.3 Å². The number of para-hydroxylation sites is 1. The van der Waals surface area contributed by atoms with Gasteiger partial charge in [0.25, 0.3) is 5.91 Å². The Morgan fingerprint density at radius 2 is 1.94 bits per heavy atom. The van der Waals surface area contributed by atoms with Gasteiger partial charge in [0.05, 0.1) is 23.8 Å². The number of nitrogens with zero attached hydrogens (tertiary/aromatic N) is 3. The molecule has 2 heterocycles. The molecule has 0 saturated carbocycles. The second kappa shape index (κ2) is 8.99. The number of halogens is 3. The van der Waals surface area contributed by atoms with Crippen molar-refractivity contribution < 1.29 is 27.6 Å². The molecule has 0 radical (unpaired) electrons. The molecule has 3 aromatic rings. The second-order valence-electron chi connectivity index (χ2n) is 7.53. The van der Waals surface area contributed by atoms with Crippen LogP contribution in [-0.4, -0.2) is 45.2 Å². The van der Waals surface area contributed by atoms with Crippen LogP contribution in [0.25, 0.3) is 11.4 Å². The molecule has 10 heteroatoms. The van der Waals surface area contributed by atoms with Gasteiger partial charge in [0.2, 0.25) is 11.7 Å². The topological polar surface area (TPSA) is 91.5 Å². The first kappa shape index (κ1) is 21.8. The minimum absolute atomic E-state index is 0.126. The molecule has 2 aromatic carbocycles. The summed E-state index contributed by atoms with van der Waals surface area (Å²) in [5, 5.41) is 16.8. The number of aromatic nitrogens is 2. The molecule has 1 atom stereocenters. The van der Waals surface area contributed by atoms with Crippen LogP contribution >= 0.6 is 0 Å². The van der Waals surface area contributed by atoms with Crippen molar-refractivity contribution in [3.8, 4) is 11.4 Å². The maximum Gasteiger partial charge on any atom is 0.416 e. The standard InChI is InChI=1S/C22H21F3N4O3/c23-22(24,25)15-9-7-14(8-10-15)20-27-19(32-28-20)12-26-18-6-2-1-5-17(18)21(31)29-11-3-4-16(30)13-29/h1-2,5-10,16,26,30H,3-4,11-13H2. The van der Waals surface area contributed by atoms with Crippen LogP contribution < -0.4 is 5.32 Å². The number of aliphatic hydroxyl groups excluding tert-OH is 1. The van der Waals surface area contributed by atoms with Gasteiger partial charge < -0.3 is 19.8 Å². The van der Waals surface area contributed by atoms with Crippen LogP contribution in [-0.2, 0) is 12.7 Å². The fraction of sp³-hybridized carbons (Fsp3) is 0.318. The number of alkyl halides is 3. The third kappa shape index (κ3) is 4.91. The average Bonchev–Trinajstić information content (AvgIpc) is 3.26. The lowest BCUT2D eigenvalue weighted by Crippen LogP contribution is -2.42. The van der Waals surface area contributed by atoms with Crippen LogP contribution in [0.3, 0.4) is 0 Å². The van der Waals surface area contributed by atoms with Gasteiger partial charge in [0.1, 0.15) is 0 Å². The van der Waals surface area contributed by atoms with Crippen LogP contribution in [0.5, 0.6) is 0 Å². The molecule has 1 fully saturated rings. The van der Waals surface area contributed by atoms with Crippen LogP contribution in [0.4, 0.5) is 18.9 Å². The summed E-state index contributed by atoms with van der Waals surface area (Å²) in [6.07, 6.45) is -3.50. The molecule has 0 spiro atoms. The lowest BCUT2D eigenvalue weighted by molar-refractivity contribution is -0.137. The Kier molecular flexibility index (Phi) is 6.13. The predicted molar refractivity (Wildman–Crippen MR) is 110 cm³/mol. The fourth-order valence-corrected chi connectivity index (χ4v) is 3.56. The third-order valence-corrected chi connectivity index (χ3v) is 5.21. The highest BCUT2D eigenvalue weighted by Crippen LogP contribution is 2.30. The van der Waals surface area contributed by atoms with Crippen molar-refractivity contribution in [2.45, 2.75) is 31.7 Å². The molecule has 0 bridgehead atoms. The van der Waals surface area contributed by atoms with Crippen LogP contribution in [0.15, 0.2) is 53.1 Å². The van der Waals surface area contributed by atoms with Crippen molar-refractivity contribution in [3.63, 3.8) is 0 Å². The Hall–Kier alpha value is -3.40. The summed E-state index contributed by atoms with van der Waals surface area (Å²) in [4.78, 5) is 18.7. The van der Waals surface area contributed by atoms with E-state index >= 15 is 0 Å². The van der Waals surface area contributed by atoms with Crippen molar-refractivity contribution in [1.29, 1.82) is 0 Å². The molecule has 32 heavy (non-hydrogen) atoms. The number of nitrogens with one attached hydrogen (secondary N) is 1. The largest absolute Gasteiger partial charge is 0.416 e. The molecule has 7 nitrogen and oxygen atoms in total. The first-order valence-corrected chi connectivity index (χ1v) is 10.1. The molecule has 1 aromatic heterocycles. The minimum Gasteiger partial charge on any atom is -0.391 e. The van der Waals surface area contributed by atoms with E-state index in [2.05, 4.69) is 15.5 Å². The quantitative estimate of drug-likeness (QED) is 0.617. The van der Waals surface area contributed by atoms with Crippen LogP contribution in [0.1, 0.15) is 34.7 Å². The zero-order valence-corrected chi connectivity index (χ0v) is 17.0. The zero-order valence-electron chi connectivity index (χ0n) is 17.0. The maximum absolute atomic E-state index is 12.9. The van der Waals surface area contributed by atoms with E-state index in [1.165, 1.54) is 12.1 Å². The lowest BCUT2D eigenvalue weighted by Gasteiger charge is -2.30. The normalized spacial score (nSPS) is 16.8. The number of rotatable bonds is 5. The molecule has 0 aliphatic carbocycles. The minimum atomic E-state index is -4.41. The van der Waals surface area contributed by atoms with Gasteiger partial charge in [-0.15, -0.1) is 0 Å². The Morgan fingerprint density at radius 1 is 1.19 bits per heavy atom. The van der Waals surface area contributed by atoms with Crippen molar-refractivity contribution in [2.75, 3.05) is 18.4 Å². The number of piperidine rings is 1. The Labute approximate surface area is 181 Å². The van der Waals surface area contributed by atoms with E-state index in [0.29, 0.717) is 36.3 Å². The fourth-order valence-electron chi connectivity index (χ4n) is 3.56. The lowest BCUT2D eigenvalue weighted by atomic mass is 10.1. The summed E-state index contributed by atoms with van der Waals surface area (Å²) < 4.78 is 43.3. The van der Waals surface area contributed by atoms with E-state index in [-0.39, 0.29) is 24.2 Å². The molecule has 1 aliphatic heterocycles. The number of hydrogen-bond donors (Lipinski definition) is 2. The summed E-state index contributed by atoms with van der Waals surface area (Å²) >= 11 is 0.